The lowest BCUT2D eigenvalue weighted by atomic mass is 9.81. The summed E-state index contributed by atoms with van der Waals surface area (Å²) in [5.41, 5.74) is 6.03. The Balaban J connectivity index is 1.90. The molecule has 1 heterocycles. The van der Waals surface area contributed by atoms with Crippen molar-refractivity contribution in [2.75, 3.05) is 13.1 Å². The second-order valence-electron chi connectivity index (χ2n) is 6.91. The van der Waals surface area contributed by atoms with Gasteiger partial charge in [0.2, 0.25) is 5.91 Å². The molecule has 0 aromatic rings. The van der Waals surface area contributed by atoms with Gasteiger partial charge in [0.05, 0.1) is 0 Å². The number of piperidine rings is 1. The van der Waals surface area contributed by atoms with Crippen LogP contribution in [-0.2, 0) is 4.79 Å². The summed E-state index contributed by atoms with van der Waals surface area (Å²) in [6, 6.07) is 0.199. The van der Waals surface area contributed by atoms with Gasteiger partial charge in [-0.25, -0.2) is 0 Å². The van der Waals surface area contributed by atoms with Crippen LogP contribution in [0, 0.1) is 11.8 Å². The number of carbonyl (C=O) groups excluding carboxylic acids is 1. The minimum absolute atomic E-state index is 0.199. The van der Waals surface area contributed by atoms with Crippen molar-refractivity contribution in [3.05, 3.63) is 0 Å². The van der Waals surface area contributed by atoms with E-state index in [0.717, 1.165) is 51.1 Å². The highest BCUT2D eigenvalue weighted by atomic mass is 16.2. The van der Waals surface area contributed by atoms with E-state index >= 15 is 0 Å². The van der Waals surface area contributed by atoms with Gasteiger partial charge in [-0.2, -0.15) is 0 Å². The summed E-state index contributed by atoms with van der Waals surface area (Å²) in [6.07, 6.45) is 12.3. The highest BCUT2D eigenvalue weighted by Gasteiger charge is 2.29. The Hall–Kier alpha value is -0.570. The zero-order valence-corrected chi connectivity index (χ0v) is 13.2. The molecule has 1 amide bonds. The molecule has 20 heavy (non-hydrogen) atoms. The average Bonchev–Trinajstić information content (AvgIpc) is 2.47. The summed E-state index contributed by atoms with van der Waals surface area (Å²) in [5, 5.41) is 0. The zero-order chi connectivity index (χ0) is 14.4. The average molecular weight is 280 g/mol. The number of hydrogen-bond donors (Lipinski definition) is 1. The monoisotopic (exact) mass is 280 g/mol. The van der Waals surface area contributed by atoms with Crippen molar-refractivity contribution in [1.29, 1.82) is 0 Å². The van der Waals surface area contributed by atoms with Gasteiger partial charge in [0, 0.05) is 25.0 Å². The molecular weight excluding hydrogens is 248 g/mol. The van der Waals surface area contributed by atoms with Crippen LogP contribution in [-0.4, -0.2) is 29.9 Å². The lowest BCUT2D eigenvalue weighted by molar-refractivity contribution is -0.137. The number of nitrogens with zero attached hydrogens (tertiary/aromatic N) is 1. The molecular formula is C17H32N2O. The number of likely N-dealkylation sites (tertiary alicyclic amines) is 1. The number of carbonyl (C=O) groups is 1. The first-order valence-electron chi connectivity index (χ1n) is 8.75. The van der Waals surface area contributed by atoms with E-state index < -0.39 is 0 Å². The quantitative estimate of drug-likeness (QED) is 0.839. The molecule has 2 atom stereocenters. The fourth-order valence-corrected chi connectivity index (χ4v) is 3.98. The molecule has 2 fully saturated rings. The molecule has 1 saturated heterocycles. The third-order valence-electron chi connectivity index (χ3n) is 5.10. The first-order valence-corrected chi connectivity index (χ1v) is 8.75. The summed E-state index contributed by atoms with van der Waals surface area (Å²) in [7, 11) is 0. The summed E-state index contributed by atoms with van der Waals surface area (Å²) in [5.74, 6) is 1.45. The second kappa shape index (κ2) is 8.02. The predicted molar refractivity (Wildman–Crippen MR) is 83.4 cm³/mol. The minimum atomic E-state index is 0.199. The molecule has 3 nitrogen and oxygen atoms in total. The Morgan fingerprint density at radius 3 is 2.60 bits per heavy atom. The molecule has 1 aliphatic carbocycles. The van der Waals surface area contributed by atoms with E-state index in [2.05, 4.69) is 11.8 Å². The van der Waals surface area contributed by atoms with Crippen molar-refractivity contribution in [2.24, 2.45) is 17.6 Å². The Kier molecular flexibility index (Phi) is 6.34. The number of hydrogen-bond acceptors (Lipinski definition) is 2. The molecule has 0 radical (unpaired) electrons. The van der Waals surface area contributed by atoms with Gasteiger partial charge in [0.25, 0.3) is 0 Å². The van der Waals surface area contributed by atoms with Crippen LogP contribution in [0.15, 0.2) is 0 Å². The highest BCUT2D eigenvalue weighted by molar-refractivity contribution is 5.79. The van der Waals surface area contributed by atoms with E-state index in [9.17, 15) is 4.79 Å². The van der Waals surface area contributed by atoms with Crippen LogP contribution >= 0.6 is 0 Å². The molecule has 0 aromatic carbocycles. The minimum Gasteiger partial charge on any atom is -0.341 e. The van der Waals surface area contributed by atoms with Crippen LogP contribution < -0.4 is 5.73 Å². The normalized spacial score (nSPS) is 26.5. The highest BCUT2D eigenvalue weighted by Crippen LogP contribution is 2.31. The number of rotatable bonds is 5. The van der Waals surface area contributed by atoms with Crippen LogP contribution in [0.3, 0.4) is 0 Å². The van der Waals surface area contributed by atoms with E-state index in [4.69, 9.17) is 5.73 Å². The van der Waals surface area contributed by atoms with E-state index in [1.807, 2.05) is 0 Å². The first-order chi connectivity index (χ1) is 9.70. The third kappa shape index (κ3) is 4.47. The van der Waals surface area contributed by atoms with Crippen molar-refractivity contribution < 1.29 is 4.79 Å². The van der Waals surface area contributed by atoms with Gasteiger partial charge in [-0.15, -0.1) is 0 Å². The third-order valence-corrected chi connectivity index (χ3v) is 5.10. The number of nitrogens with two attached hydrogens (primary N) is 1. The fraction of sp³-hybridized carbons (Fsp3) is 0.941. The predicted octanol–water partition coefficient (Wildman–Crippen LogP) is 3.32. The van der Waals surface area contributed by atoms with Gasteiger partial charge in [-0.3, -0.25) is 4.79 Å². The van der Waals surface area contributed by atoms with E-state index in [0.29, 0.717) is 5.91 Å². The van der Waals surface area contributed by atoms with Crippen LogP contribution in [0.4, 0.5) is 0 Å². The van der Waals surface area contributed by atoms with Gasteiger partial charge >= 0.3 is 0 Å². The van der Waals surface area contributed by atoms with Crippen LogP contribution in [0.2, 0.25) is 0 Å². The Bertz CT molecular complexity index is 299. The van der Waals surface area contributed by atoms with Crippen molar-refractivity contribution in [1.82, 2.24) is 4.90 Å². The molecule has 116 valence electrons. The van der Waals surface area contributed by atoms with E-state index in [-0.39, 0.29) is 12.0 Å². The van der Waals surface area contributed by atoms with Gasteiger partial charge in [-0.05, 0) is 31.6 Å². The maximum atomic E-state index is 12.8. The molecule has 2 unspecified atom stereocenters. The van der Waals surface area contributed by atoms with Crippen LogP contribution in [0.5, 0.6) is 0 Å². The fourth-order valence-electron chi connectivity index (χ4n) is 3.98. The maximum absolute atomic E-state index is 12.8. The molecule has 1 saturated carbocycles. The Morgan fingerprint density at radius 2 is 1.95 bits per heavy atom. The van der Waals surface area contributed by atoms with Gasteiger partial charge in [0.1, 0.15) is 0 Å². The SMILES string of the molecule is CCCC(CC1CCCCC1)C(=O)N1CCCC(N)C1. The molecule has 2 N–H and O–H groups in total. The van der Waals surface area contributed by atoms with Crippen LogP contribution in [0.25, 0.3) is 0 Å². The lowest BCUT2D eigenvalue weighted by Crippen LogP contribution is -2.48. The lowest BCUT2D eigenvalue weighted by Gasteiger charge is -2.35. The van der Waals surface area contributed by atoms with Gasteiger partial charge in [0.15, 0.2) is 0 Å². The molecule has 1 aliphatic heterocycles. The van der Waals surface area contributed by atoms with E-state index in [1.54, 1.807) is 0 Å². The van der Waals surface area contributed by atoms with Crippen molar-refractivity contribution in [3.63, 3.8) is 0 Å². The summed E-state index contributed by atoms with van der Waals surface area (Å²) in [6.45, 7) is 3.91. The summed E-state index contributed by atoms with van der Waals surface area (Å²) < 4.78 is 0. The smallest absolute Gasteiger partial charge is 0.225 e. The summed E-state index contributed by atoms with van der Waals surface area (Å²) >= 11 is 0. The standard InChI is InChI=1S/C17H32N2O/c1-2-7-15(12-14-8-4-3-5-9-14)17(20)19-11-6-10-16(18)13-19/h14-16H,2-13,18H2,1H3. The summed E-state index contributed by atoms with van der Waals surface area (Å²) in [4.78, 5) is 14.8. The Morgan fingerprint density at radius 1 is 1.20 bits per heavy atom. The molecule has 2 aliphatic rings. The van der Waals surface area contributed by atoms with Crippen molar-refractivity contribution in [3.8, 4) is 0 Å². The molecule has 0 aromatic heterocycles. The molecule has 0 bridgehead atoms. The Labute approximate surface area is 124 Å². The molecule has 3 heteroatoms. The van der Waals surface area contributed by atoms with Crippen molar-refractivity contribution in [2.45, 2.75) is 77.2 Å². The molecule has 2 rings (SSSR count). The van der Waals surface area contributed by atoms with Gasteiger partial charge in [-0.1, -0.05) is 45.4 Å². The largest absolute Gasteiger partial charge is 0.341 e. The number of amides is 1. The first kappa shape index (κ1) is 15.8. The maximum Gasteiger partial charge on any atom is 0.225 e. The van der Waals surface area contributed by atoms with E-state index in [1.165, 1.54) is 32.1 Å². The topological polar surface area (TPSA) is 46.3 Å². The zero-order valence-electron chi connectivity index (χ0n) is 13.2. The van der Waals surface area contributed by atoms with Crippen LogP contribution in [0.1, 0.15) is 71.1 Å². The van der Waals surface area contributed by atoms with Gasteiger partial charge < -0.3 is 10.6 Å². The molecule has 0 spiro atoms. The van der Waals surface area contributed by atoms with Crippen molar-refractivity contribution >= 4 is 5.91 Å². The second-order valence-corrected chi connectivity index (χ2v) is 6.91.